The zero-order valence-electron chi connectivity index (χ0n) is 10.7. The molecule has 0 fully saturated rings. The van der Waals surface area contributed by atoms with Crippen LogP contribution in [-0.4, -0.2) is 11.7 Å². The molecule has 0 aromatic heterocycles. The molecule has 0 aliphatic carbocycles. The summed E-state index contributed by atoms with van der Waals surface area (Å²) < 4.78 is 27.8. The second-order valence-corrected chi connectivity index (χ2v) is 6.61. The summed E-state index contributed by atoms with van der Waals surface area (Å²) in [6.07, 6.45) is 0. The van der Waals surface area contributed by atoms with Gasteiger partial charge in [-0.05, 0) is 23.8 Å². The molecule has 6 heteroatoms. The standard InChI is InChI=1S/C15H10BrF2NOS/c16-8-5-11(17)14(12(18)6-8)19-15(20)10-7-21-13-4-2-1-3-9(10)13/h1-6,10H,7H2,(H,19,20). The van der Waals surface area contributed by atoms with Gasteiger partial charge in [-0.3, -0.25) is 4.79 Å². The second-order valence-electron chi connectivity index (χ2n) is 4.64. The maximum absolute atomic E-state index is 13.8. The largest absolute Gasteiger partial charge is 0.321 e. The highest BCUT2D eigenvalue weighted by molar-refractivity contribution is 9.10. The maximum atomic E-state index is 13.8. The minimum absolute atomic E-state index is 0.289. The normalized spacial score (nSPS) is 16.6. The Morgan fingerprint density at radius 2 is 1.90 bits per heavy atom. The van der Waals surface area contributed by atoms with Crippen LogP contribution < -0.4 is 5.32 Å². The third-order valence-electron chi connectivity index (χ3n) is 3.27. The molecule has 1 N–H and O–H groups in total. The number of fused-ring (bicyclic) bond motifs is 1. The van der Waals surface area contributed by atoms with Crippen molar-refractivity contribution < 1.29 is 13.6 Å². The summed E-state index contributed by atoms with van der Waals surface area (Å²) in [7, 11) is 0. The fraction of sp³-hybridized carbons (Fsp3) is 0.133. The lowest BCUT2D eigenvalue weighted by atomic mass is 10.0. The summed E-state index contributed by atoms with van der Waals surface area (Å²) in [6, 6.07) is 9.81. The molecule has 0 saturated carbocycles. The summed E-state index contributed by atoms with van der Waals surface area (Å²) in [5, 5.41) is 2.37. The van der Waals surface area contributed by atoms with E-state index in [9.17, 15) is 13.6 Å². The molecule has 108 valence electrons. The van der Waals surface area contributed by atoms with Crippen molar-refractivity contribution in [3.8, 4) is 0 Å². The quantitative estimate of drug-likeness (QED) is 0.840. The average Bonchev–Trinajstić information content (AvgIpc) is 2.86. The van der Waals surface area contributed by atoms with Crippen LogP contribution in [-0.2, 0) is 4.79 Å². The number of halogens is 3. The number of benzene rings is 2. The van der Waals surface area contributed by atoms with E-state index in [-0.39, 0.29) is 4.47 Å². The summed E-state index contributed by atoms with van der Waals surface area (Å²) in [6.45, 7) is 0. The Balaban J connectivity index is 1.86. The highest BCUT2D eigenvalue weighted by Crippen LogP contribution is 2.40. The van der Waals surface area contributed by atoms with Gasteiger partial charge in [0, 0.05) is 15.1 Å². The summed E-state index contributed by atoms with van der Waals surface area (Å²) in [4.78, 5) is 13.3. The van der Waals surface area contributed by atoms with Gasteiger partial charge in [0.05, 0.1) is 5.92 Å². The molecule has 1 atom stereocenters. The van der Waals surface area contributed by atoms with E-state index in [0.717, 1.165) is 22.6 Å². The maximum Gasteiger partial charge on any atom is 0.232 e. The SMILES string of the molecule is O=C(Nc1c(F)cc(Br)cc1F)C1CSc2ccccc21. The Kier molecular flexibility index (Phi) is 3.99. The van der Waals surface area contributed by atoms with Gasteiger partial charge in [-0.2, -0.15) is 0 Å². The molecular formula is C15H10BrF2NOS. The predicted molar refractivity (Wildman–Crippen MR) is 82.6 cm³/mol. The van der Waals surface area contributed by atoms with Gasteiger partial charge in [-0.1, -0.05) is 34.1 Å². The fourth-order valence-electron chi connectivity index (χ4n) is 2.25. The van der Waals surface area contributed by atoms with Crippen molar-refractivity contribution in [3.63, 3.8) is 0 Å². The molecule has 1 aliphatic heterocycles. The van der Waals surface area contributed by atoms with Crippen LogP contribution in [0.3, 0.4) is 0 Å². The molecular weight excluding hydrogens is 360 g/mol. The van der Waals surface area contributed by atoms with Crippen LogP contribution in [0.1, 0.15) is 11.5 Å². The van der Waals surface area contributed by atoms with Crippen molar-refractivity contribution in [2.45, 2.75) is 10.8 Å². The highest BCUT2D eigenvalue weighted by Gasteiger charge is 2.30. The Morgan fingerprint density at radius 3 is 2.62 bits per heavy atom. The average molecular weight is 370 g/mol. The molecule has 1 aliphatic rings. The van der Waals surface area contributed by atoms with E-state index in [1.54, 1.807) is 11.8 Å². The molecule has 1 unspecified atom stereocenters. The van der Waals surface area contributed by atoms with Crippen LogP contribution in [0.5, 0.6) is 0 Å². The van der Waals surface area contributed by atoms with Gasteiger partial charge in [-0.15, -0.1) is 11.8 Å². The zero-order valence-corrected chi connectivity index (χ0v) is 13.1. The van der Waals surface area contributed by atoms with Crippen molar-refractivity contribution in [1.82, 2.24) is 0 Å². The number of hydrogen-bond donors (Lipinski definition) is 1. The molecule has 3 rings (SSSR count). The van der Waals surface area contributed by atoms with E-state index < -0.39 is 29.1 Å². The van der Waals surface area contributed by atoms with E-state index in [0.29, 0.717) is 5.75 Å². The second kappa shape index (κ2) is 5.77. The number of carbonyl (C=O) groups excluding carboxylic acids is 1. The molecule has 1 heterocycles. The number of hydrogen-bond acceptors (Lipinski definition) is 2. The molecule has 0 radical (unpaired) electrons. The van der Waals surface area contributed by atoms with Gasteiger partial charge >= 0.3 is 0 Å². The summed E-state index contributed by atoms with van der Waals surface area (Å²) in [5.41, 5.74) is 0.496. The Bertz CT molecular complexity index is 700. The van der Waals surface area contributed by atoms with Gasteiger partial charge in [0.15, 0.2) is 11.6 Å². The monoisotopic (exact) mass is 369 g/mol. The van der Waals surface area contributed by atoms with Crippen LogP contribution in [0.4, 0.5) is 14.5 Å². The summed E-state index contributed by atoms with van der Waals surface area (Å²) >= 11 is 4.57. The van der Waals surface area contributed by atoms with Gasteiger partial charge in [0.2, 0.25) is 5.91 Å². The van der Waals surface area contributed by atoms with Crippen LogP contribution in [0.2, 0.25) is 0 Å². The molecule has 0 spiro atoms. The molecule has 1 amide bonds. The number of amides is 1. The van der Waals surface area contributed by atoms with Crippen molar-refractivity contribution in [1.29, 1.82) is 0 Å². The Morgan fingerprint density at radius 1 is 1.24 bits per heavy atom. The van der Waals surface area contributed by atoms with E-state index in [4.69, 9.17) is 0 Å². The third-order valence-corrected chi connectivity index (χ3v) is 4.91. The first-order valence-corrected chi connectivity index (χ1v) is 8.01. The topological polar surface area (TPSA) is 29.1 Å². The number of rotatable bonds is 2. The zero-order chi connectivity index (χ0) is 15.0. The van der Waals surface area contributed by atoms with Gasteiger partial charge in [0.25, 0.3) is 0 Å². The van der Waals surface area contributed by atoms with E-state index in [1.807, 2.05) is 24.3 Å². The lowest BCUT2D eigenvalue weighted by Crippen LogP contribution is -2.22. The van der Waals surface area contributed by atoms with Gasteiger partial charge in [-0.25, -0.2) is 8.78 Å². The number of carbonyl (C=O) groups is 1. The smallest absolute Gasteiger partial charge is 0.232 e. The van der Waals surface area contributed by atoms with E-state index >= 15 is 0 Å². The number of anilines is 1. The van der Waals surface area contributed by atoms with Crippen molar-refractivity contribution in [2.24, 2.45) is 0 Å². The molecule has 0 saturated heterocycles. The van der Waals surface area contributed by atoms with Crippen molar-refractivity contribution in [3.05, 3.63) is 58.1 Å². The van der Waals surface area contributed by atoms with Gasteiger partial charge in [0.1, 0.15) is 5.69 Å². The fourth-order valence-corrected chi connectivity index (χ4v) is 3.88. The molecule has 2 aromatic carbocycles. The lowest BCUT2D eigenvalue weighted by Gasteiger charge is -2.13. The molecule has 0 bridgehead atoms. The first-order chi connectivity index (χ1) is 10.1. The molecule has 2 nitrogen and oxygen atoms in total. The van der Waals surface area contributed by atoms with Crippen molar-refractivity contribution >= 4 is 39.3 Å². The minimum atomic E-state index is -0.797. The first-order valence-electron chi connectivity index (χ1n) is 6.23. The predicted octanol–water partition coefficient (Wildman–Crippen LogP) is 4.56. The molecule has 2 aromatic rings. The lowest BCUT2D eigenvalue weighted by molar-refractivity contribution is -0.117. The van der Waals surface area contributed by atoms with Crippen LogP contribution >= 0.6 is 27.7 Å². The van der Waals surface area contributed by atoms with Crippen LogP contribution in [0, 0.1) is 11.6 Å². The third kappa shape index (κ3) is 2.82. The summed E-state index contributed by atoms with van der Waals surface area (Å²) in [5.74, 6) is -1.81. The highest BCUT2D eigenvalue weighted by atomic mass is 79.9. The number of thioether (sulfide) groups is 1. The van der Waals surface area contributed by atoms with Gasteiger partial charge < -0.3 is 5.32 Å². The molecule has 21 heavy (non-hydrogen) atoms. The van der Waals surface area contributed by atoms with E-state index in [2.05, 4.69) is 21.2 Å². The number of nitrogens with one attached hydrogen (secondary N) is 1. The van der Waals surface area contributed by atoms with Crippen molar-refractivity contribution in [2.75, 3.05) is 11.1 Å². The first kappa shape index (κ1) is 14.5. The van der Waals surface area contributed by atoms with Crippen LogP contribution in [0.15, 0.2) is 45.8 Å². The van der Waals surface area contributed by atoms with Crippen LogP contribution in [0.25, 0.3) is 0 Å². The Labute approximate surface area is 133 Å². The minimum Gasteiger partial charge on any atom is -0.321 e. The Hall–Kier alpha value is -1.40. The van der Waals surface area contributed by atoms with E-state index in [1.165, 1.54) is 0 Å².